The molecule has 2 aromatic rings. The predicted octanol–water partition coefficient (Wildman–Crippen LogP) is 4.23. The van der Waals surface area contributed by atoms with E-state index in [0.717, 1.165) is 28.7 Å². The van der Waals surface area contributed by atoms with Gasteiger partial charge in [0.05, 0.1) is 11.3 Å². The van der Waals surface area contributed by atoms with E-state index in [4.69, 9.17) is 9.47 Å². The molecule has 3 rings (SSSR count). The van der Waals surface area contributed by atoms with Crippen LogP contribution in [0.2, 0.25) is 0 Å². The number of carbonyl (C=O) groups excluding carboxylic acids is 3. The molecule has 2 amide bonds. The molecule has 6 nitrogen and oxygen atoms in total. The Morgan fingerprint density at radius 3 is 2.45 bits per heavy atom. The van der Waals surface area contributed by atoms with Crippen molar-refractivity contribution in [1.82, 2.24) is 0 Å². The van der Waals surface area contributed by atoms with Crippen molar-refractivity contribution in [2.45, 2.75) is 33.0 Å². The SMILES string of the molecule is CC(C)(C)OC(=O)N1C(=O)/C(=C/C(=O)OCc2ccccc2)c2cc(F)ccc21. The Morgan fingerprint density at radius 1 is 1.10 bits per heavy atom. The van der Waals surface area contributed by atoms with Crippen LogP contribution in [0.15, 0.2) is 54.6 Å². The van der Waals surface area contributed by atoms with Crippen LogP contribution in [-0.4, -0.2) is 23.6 Å². The summed E-state index contributed by atoms with van der Waals surface area (Å²) >= 11 is 0. The summed E-state index contributed by atoms with van der Waals surface area (Å²) in [5, 5.41) is 0. The van der Waals surface area contributed by atoms with Crippen molar-refractivity contribution >= 4 is 29.2 Å². The van der Waals surface area contributed by atoms with Gasteiger partial charge in [-0.2, -0.15) is 0 Å². The highest BCUT2D eigenvalue weighted by molar-refractivity contribution is 6.40. The third kappa shape index (κ3) is 4.68. The van der Waals surface area contributed by atoms with E-state index in [1.54, 1.807) is 45.0 Å². The van der Waals surface area contributed by atoms with Crippen molar-refractivity contribution in [3.8, 4) is 0 Å². The molecule has 0 unspecified atom stereocenters. The molecule has 0 saturated heterocycles. The molecule has 1 heterocycles. The average molecular weight is 397 g/mol. The first-order chi connectivity index (χ1) is 13.7. The Morgan fingerprint density at radius 2 is 1.79 bits per heavy atom. The van der Waals surface area contributed by atoms with Crippen LogP contribution in [0.1, 0.15) is 31.9 Å². The number of hydrogen-bond donors (Lipinski definition) is 0. The van der Waals surface area contributed by atoms with Crippen molar-refractivity contribution in [3.05, 3.63) is 71.6 Å². The van der Waals surface area contributed by atoms with E-state index < -0.39 is 29.4 Å². The fraction of sp³-hybridized carbons (Fsp3) is 0.227. The third-order valence-electron chi connectivity index (χ3n) is 3.99. The molecule has 7 heteroatoms. The largest absolute Gasteiger partial charge is 0.458 e. The van der Waals surface area contributed by atoms with Crippen molar-refractivity contribution in [1.29, 1.82) is 0 Å². The Labute approximate surface area is 167 Å². The summed E-state index contributed by atoms with van der Waals surface area (Å²) in [4.78, 5) is 38.4. The second-order valence-corrected chi connectivity index (χ2v) is 7.43. The van der Waals surface area contributed by atoms with Crippen molar-refractivity contribution in [2.24, 2.45) is 0 Å². The topological polar surface area (TPSA) is 72.9 Å². The number of benzene rings is 2. The summed E-state index contributed by atoms with van der Waals surface area (Å²) in [6, 6.07) is 12.5. The second kappa shape index (κ2) is 7.87. The van der Waals surface area contributed by atoms with Crippen LogP contribution in [-0.2, 0) is 25.7 Å². The van der Waals surface area contributed by atoms with Crippen molar-refractivity contribution < 1.29 is 28.2 Å². The highest BCUT2D eigenvalue weighted by atomic mass is 19.1. The van der Waals surface area contributed by atoms with E-state index in [0.29, 0.717) is 0 Å². The smallest absolute Gasteiger partial charge is 0.422 e. The second-order valence-electron chi connectivity index (χ2n) is 7.43. The number of ether oxygens (including phenoxy) is 2. The molecule has 0 saturated carbocycles. The highest BCUT2D eigenvalue weighted by Gasteiger charge is 2.39. The van der Waals surface area contributed by atoms with E-state index in [1.807, 2.05) is 6.07 Å². The lowest BCUT2D eigenvalue weighted by Crippen LogP contribution is -2.38. The van der Waals surface area contributed by atoms with E-state index in [2.05, 4.69) is 0 Å². The van der Waals surface area contributed by atoms with Crippen LogP contribution in [0, 0.1) is 5.82 Å². The first-order valence-corrected chi connectivity index (χ1v) is 8.95. The Bertz CT molecular complexity index is 992. The Hall–Kier alpha value is -3.48. The molecule has 0 bridgehead atoms. The normalized spacial score (nSPS) is 14.7. The Balaban J connectivity index is 1.88. The van der Waals surface area contributed by atoms with Crippen molar-refractivity contribution in [2.75, 3.05) is 4.90 Å². The first-order valence-electron chi connectivity index (χ1n) is 8.95. The van der Waals surface area contributed by atoms with Gasteiger partial charge in [0.25, 0.3) is 5.91 Å². The molecule has 29 heavy (non-hydrogen) atoms. The van der Waals surface area contributed by atoms with Gasteiger partial charge in [-0.25, -0.2) is 18.9 Å². The summed E-state index contributed by atoms with van der Waals surface area (Å²) in [5.74, 6) is -2.17. The van der Waals surface area contributed by atoms with Gasteiger partial charge in [0.1, 0.15) is 18.0 Å². The lowest BCUT2D eigenvalue weighted by Gasteiger charge is -2.23. The molecule has 0 fully saturated rings. The zero-order valence-electron chi connectivity index (χ0n) is 16.3. The van der Waals surface area contributed by atoms with Crippen LogP contribution in [0.5, 0.6) is 0 Å². The number of imide groups is 1. The van der Waals surface area contributed by atoms with Gasteiger partial charge in [0.2, 0.25) is 0 Å². The quantitative estimate of drug-likeness (QED) is 0.572. The summed E-state index contributed by atoms with van der Waals surface area (Å²) in [6.07, 6.45) is 0.0601. The average Bonchev–Trinajstić information content (AvgIpc) is 2.91. The molecule has 0 aromatic heterocycles. The summed E-state index contributed by atoms with van der Waals surface area (Å²) in [7, 11) is 0. The van der Waals surface area contributed by atoms with Crippen LogP contribution >= 0.6 is 0 Å². The number of halogens is 1. The summed E-state index contributed by atoms with van der Waals surface area (Å²) in [6.45, 7) is 5.00. The predicted molar refractivity (Wildman–Crippen MR) is 104 cm³/mol. The first kappa shape index (κ1) is 20.3. The number of anilines is 1. The molecule has 1 aliphatic rings. The van der Waals surface area contributed by atoms with Gasteiger partial charge in [0, 0.05) is 11.6 Å². The molecule has 1 aliphatic heterocycles. The van der Waals surface area contributed by atoms with Gasteiger partial charge < -0.3 is 9.47 Å². The number of fused-ring (bicyclic) bond motifs is 1. The number of carbonyl (C=O) groups is 3. The zero-order valence-corrected chi connectivity index (χ0v) is 16.3. The number of amides is 2. The maximum absolute atomic E-state index is 13.8. The maximum atomic E-state index is 13.8. The van der Waals surface area contributed by atoms with E-state index in [-0.39, 0.29) is 23.4 Å². The molecule has 150 valence electrons. The standard InChI is InChI=1S/C22H20FNO5/c1-22(2,3)29-21(27)24-18-10-9-15(23)11-16(18)17(20(24)26)12-19(25)28-13-14-7-5-4-6-8-14/h4-12H,13H2,1-3H3/b17-12+. The molecule has 0 radical (unpaired) electrons. The molecule has 2 aromatic carbocycles. The highest BCUT2D eigenvalue weighted by Crippen LogP contribution is 2.38. The number of nitrogens with zero attached hydrogens (tertiary/aromatic N) is 1. The van der Waals surface area contributed by atoms with Gasteiger partial charge in [-0.1, -0.05) is 30.3 Å². The van der Waals surface area contributed by atoms with Gasteiger partial charge >= 0.3 is 12.1 Å². The lowest BCUT2D eigenvalue weighted by molar-refractivity contribution is -0.139. The van der Waals surface area contributed by atoms with Crippen LogP contribution in [0.4, 0.5) is 14.9 Å². The number of esters is 1. The van der Waals surface area contributed by atoms with E-state index in [1.165, 1.54) is 6.07 Å². The molecular formula is C22H20FNO5. The third-order valence-corrected chi connectivity index (χ3v) is 3.99. The zero-order chi connectivity index (χ0) is 21.2. The fourth-order valence-electron chi connectivity index (χ4n) is 2.78. The minimum Gasteiger partial charge on any atom is -0.458 e. The lowest BCUT2D eigenvalue weighted by atomic mass is 10.1. The van der Waals surface area contributed by atoms with Gasteiger partial charge in [-0.15, -0.1) is 0 Å². The molecular weight excluding hydrogens is 377 g/mol. The Kier molecular flexibility index (Phi) is 5.50. The fourth-order valence-corrected chi connectivity index (χ4v) is 2.78. The number of hydrogen-bond acceptors (Lipinski definition) is 5. The minimum absolute atomic E-state index is 0.0173. The molecule has 0 spiro atoms. The van der Waals surface area contributed by atoms with E-state index >= 15 is 0 Å². The molecule has 0 N–H and O–H groups in total. The summed E-state index contributed by atoms with van der Waals surface area (Å²) < 4.78 is 24.2. The van der Waals surface area contributed by atoms with Crippen molar-refractivity contribution in [3.63, 3.8) is 0 Å². The van der Waals surface area contributed by atoms with Crippen LogP contribution in [0.3, 0.4) is 0 Å². The van der Waals surface area contributed by atoms with Crippen LogP contribution in [0.25, 0.3) is 5.57 Å². The van der Waals surface area contributed by atoms with Gasteiger partial charge in [0.15, 0.2) is 0 Å². The minimum atomic E-state index is -0.906. The van der Waals surface area contributed by atoms with Gasteiger partial charge in [-0.3, -0.25) is 4.79 Å². The molecule has 0 aliphatic carbocycles. The monoisotopic (exact) mass is 397 g/mol. The maximum Gasteiger partial charge on any atom is 0.422 e. The summed E-state index contributed by atoms with van der Waals surface area (Å²) in [5.41, 5.74) is 0.0751. The molecule has 0 atom stereocenters. The van der Waals surface area contributed by atoms with E-state index in [9.17, 15) is 18.8 Å². The van der Waals surface area contributed by atoms with Gasteiger partial charge in [-0.05, 0) is 44.5 Å². The number of rotatable bonds is 3. The van der Waals surface area contributed by atoms with Crippen LogP contribution < -0.4 is 4.90 Å².